The van der Waals surface area contributed by atoms with E-state index in [0.717, 1.165) is 22.0 Å². The van der Waals surface area contributed by atoms with Gasteiger partial charge in [0.15, 0.2) is 5.96 Å². The van der Waals surface area contributed by atoms with Gasteiger partial charge in [-0.2, -0.15) is 5.10 Å². The Labute approximate surface area is 299 Å². The first-order chi connectivity index (χ1) is 24.6. The lowest BCUT2D eigenvalue weighted by molar-refractivity contribution is -0.121. The molecule has 2 aromatic heterocycles. The number of hydrogen-bond donors (Lipinski definition) is 5. The lowest BCUT2D eigenvalue weighted by Gasteiger charge is -2.19. The fourth-order valence-corrected chi connectivity index (χ4v) is 5.67. The third kappa shape index (κ3) is 9.81. The number of carbonyl (C=O) groups excluding carboxylic acids is 2. The number of hydrogen-bond acceptors (Lipinski definition) is 5. The van der Waals surface area contributed by atoms with Gasteiger partial charge in [-0.25, -0.2) is 4.98 Å². The molecule has 51 heavy (non-hydrogen) atoms. The summed E-state index contributed by atoms with van der Waals surface area (Å²) in [6, 6.07) is 28.5. The van der Waals surface area contributed by atoms with E-state index in [1.165, 1.54) is 12.0 Å². The van der Waals surface area contributed by atoms with Gasteiger partial charge in [0, 0.05) is 28.7 Å². The number of benzene rings is 4. The molecule has 4 aromatic carbocycles. The number of aromatic nitrogens is 4. The Morgan fingerprint density at radius 2 is 1.71 bits per heavy atom. The zero-order valence-corrected chi connectivity index (χ0v) is 30.1. The molecule has 11 heteroatoms. The second-order valence-electron chi connectivity index (χ2n) is 12.1. The van der Waals surface area contributed by atoms with E-state index in [2.05, 4.69) is 64.7 Å². The number of aryl methyl sites for hydroxylation is 1. The van der Waals surface area contributed by atoms with Crippen LogP contribution in [0.3, 0.4) is 0 Å². The Morgan fingerprint density at radius 3 is 2.39 bits per heavy atom. The van der Waals surface area contributed by atoms with E-state index >= 15 is 0 Å². The first-order valence-corrected chi connectivity index (χ1v) is 17.4. The van der Waals surface area contributed by atoms with Crippen molar-refractivity contribution in [2.45, 2.75) is 65.8 Å². The number of primary amides is 1. The maximum atomic E-state index is 13.1. The zero-order chi connectivity index (χ0) is 36.9. The third-order valence-corrected chi connectivity index (χ3v) is 8.48. The van der Waals surface area contributed by atoms with Gasteiger partial charge in [-0.1, -0.05) is 81.8 Å². The summed E-state index contributed by atoms with van der Waals surface area (Å²) in [6.07, 6.45) is 3.90. The fraction of sp³-hybridized carbons (Fsp3) is 0.275. The molecule has 0 radical (unpaired) electrons. The highest BCUT2D eigenvalue weighted by Gasteiger charge is 2.25. The Morgan fingerprint density at radius 1 is 0.941 bits per heavy atom. The Bertz CT molecular complexity index is 2080. The minimum atomic E-state index is -0.694. The molecule has 2 amide bonds. The molecule has 2 atom stereocenters. The highest BCUT2D eigenvalue weighted by Crippen LogP contribution is 2.32. The zero-order valence-electron chi connectivity index (χ0n) is 30.1. The van der Waals surface area contributed by atoms with Crippen molar-refractivity contribution < 1.29 is 9.59 Å². The van der Waals surface area contributed by atoms with Crippen molar-refractivity contribution >= 4 is 45.4 Å². The number of imidazole rings is 1. The molecule has 0 fully saturated rings. The maximum absolute atomic E-state index is 13.1. The van der Waals surface area contributed by atoms with Gasteiger partial charge >= 0.3 is 0 Å². The van der Waals surface area contributed by atoms with E-state index in [0.29, 0.717) is 53.4 Å². The van der Waals surface area contributed by atoms with E-state index in [-0.39, 0.29) is 11.9 Å². The molecule has 6 rings (SSSR count). The molecule has 0 aliphatic rings. The number of guanidine groups is 1. The maximum Gasteiger partial charge on any atom is 0.255 e. The lowest BCUT2D eigenvalue weighted by atomic mass is 9.99. The first kappa shape index (κ1) is 37.8. The van der Waals surface area contributed by atoms with Crippen molar-refractivity contribution in [3.8, 4) is 11.4 Å². The predicted octanol–water partition coefficient (Wildman–Crippen LogP) is 7.45. The van der Waals surface area contributed by atoms with Gasteiger partial charge in [-0.05, 0) is 80.1 Å². The van der Waals surface area contributed by atoms with Gasteiger partial charge in [0.2, 0.25) is 5.91 Å². The van der Waals surface area contributed by atoms with Crippen molar-refractivity contribution in [1.82, 2.24) is 19.7 Å². The lowest BCUT2D eigenvalue weighted by Crippen LogP contribution is -2.27. The molecule has 0 spiro atoms. The Balaban J connectivity index is 0.000000416. The van der Waals surface area contributed by atoms with Crippen molar-refractivity contribution in [3.05, 3.63) is 114 Å². The highest BCUT2D eigenvalue weighted by atomic mass is 16.2. The summed E-state index contributed by atoms with van der Waals surface area (Å²) in [5.74, 6) is 0.507. The first-order valence-electron chi connectivity index (χ1n) is 17.4. The number of carbonyl (C=O) groups is 2. The average molecular weight is 688 g/mol. The highest BCUT2D eigenvalue weighted by molar-refractivity contribution is 6.07. The molecule has 0 saturated heterocycles. The second kappa shape index (κ2) is 18.1. The topological polar surface area (TPSA) is 183 Å². The monoisotopic (exact) mass is 687 g/mol. The molecule has 0 saturated carbocycles. The number of rotatable bonds is 11. The molecule has 2 heterocycles. The molecule has 266 valence electrons. The van der Waals surface area contributed by atoms with Crippen LogP contribution in [0.15, 0.2) is 102 Å². The van der Waals surface area contributed by atoms with Crippen molar-refractivity contribution in [3.63, 3.8) is 0 Å². The van der Waals surface area contributed by atoms with Crippen LogP contribution in [0.1, 0.15) is 80.4 Å². The summed E-state index contributed by atoms with van der Waals surface area (Å²) in [5, 5.41) is 10.8. The van der Waals surface area contributed by atoms with Gasteiger partial charge in [-0.15, -0.1) is 0 Å². The average Bonchev–Trinajstić information content (AvgIpc) is 3.77. The number of nitrogens with zero attached hydrogens (tertiary/aromatic N) is 4. The summed E-state index contributed by atoms with van der Waals surface area (Å²) in [6.45, 7) is 10.8. The van der Waals surface area contributed by atoms with Crippen LogP contribution in [0.2, 0.25) is 0 Å². The van der Waals surface area contributed by atoms with Crippen LogP contribution >= 0.6 is 0 Å². The summed E-state index contributed by atoms with van der Waals surface area (Å²) < 4.78 is 1.84. The third-order valence-electron chi connectivity index (χ3n) is 8.48. The van der Waals surface area contributed by atoms with Gasteiger partial charge in [0.1, 0.15) is 11.9 Å². The number of amides is 2. The van der Waals surface area contributed by atoms with Gasteiger partial charge in [-0.3, -0.25) is 19.7 Å². The number of nitrogens with two attached hydrogens (primary N) is 3. The quantitative estimate of drug-likeness (QED) is 0.0535. The molecule has 6 aromatic rings. The van der Waals surface area contributed by atoms with Crippen LogP contribution in [0, 0.1) is 6.92 Å². The standard InChI is InChI=1S/C28H29N9O2.C10H14.C2H6/c1-16-4-2-5-17(12-16)26-35-22-13-18(27(39)34-20-9-7-19-15-33-36-21(19)14-20)8-10-23(22)37(26)24(25(29)38)6-3-11-32-28(30)31;1-3-9(2)10-7-5-4-6-8-10;1-2/h2,4-5,7-10,12-15,24H,3,6,11H2,1H3,(H2,29,38)(H,33,36)(H,34,39)(H4,30,31,32);4-9H,3H2,1-2H3;1-2H3. The number of H-pyrrole nitrogens is 1. The SMILES string of the molecule is CC.CCC(C)c1ccccc1.Cc1cccc(-c2nc3cc(C(=O)Nc4ccc5cn[nH]c5c4)ccc3n2C(CCCN=C(N)N)C(N)=O)c1. The number of aliphatic imine (C=N–C) groups is 1. The second-order valence-corrected chi connectivity index (χ2v) is 12.1. The van der Waals surface area contributed by atoms with Gasteiger partial charge in [0.05, 0.1) is 22.7 Å². The summed E-state index contributed by atoms with van der Waals surface area (Å²) >= 11 is 0. The Hall–Kier alpha value is -5.97. The smallest absolute Gasteiger partial charge is 0.255 e. The fourth-order valence-electron chi connectivity index (χ4n) is 5.67. The van der Waals surface area contributed by atoms with Crippen molar-refractivity contribution in [2.75, 3.05) is 11.9 Å². The van der Waals surface area contributed by atoms with Crippen LogP contribution in [0.25, 0.3) is 33.3 Å². The molecular formula is C40H49N9O2. The van der Waals surface area contributed by atoms with Crippen molar-refractivity contribution in [1.29, 1.82) is 0 Å². The van der Waals surface area contributed by atoms with Crippen LogP contribution in [-0.4, -0.2) is 44.1 Å². The number of anilines is 1. The minimum Gasteiger partial charge on any atom is -0.370 e. The summed E-state index contributed by atoms with van der Waals surface area (Å²) in [7, 11) is 0. The van der Waals surface area contributed by atoms with E-state index in [1.807, 2.05) is 67.8 Å². The van der Waals surface area contributed by atoms with Crippen LogP contribution in [0.5, 0.6) is 0 Å². The van der Waals surface area contributed by atoms with Gasteiger partial charge < -0.3 is 27.1 Å². The molecule has 8 N–H and O–H groups in total. The molecule has 2 unspecified atom stereocenters. The number of aromatic amines is 1. The predicted molar refractivity (Wildman–Crippen MR) is 209 cm³/mol. The van der Waals surface area contributed by atoms with E-state index < -0.39 is 11.9 Å². The van der Waals surface area contributed by atoms with Crippen molar-refractivity contribution in [2.24, 2.45) is 22.2 Å². The number of nitrogens with one attached hydrogen (secondary N) is 2. The molecule has 11 nitrogen and oxygen atoms in total. The minimum absolute atomic E-state index is 0.00514. The van der Waals surface area contributed by atoms with E-state index in [4.69, 9.17) is 22.2 Å². The van der Waals surface area contributed by atoms with Crippen LogP contribution in [-0.2, 0) is 4.79 Å². The molecular weight excluding hydrogens is 639 g/mol. The normalized spacial score (nSPS) is 11.8. The van der Waals surface area contributed by atoms with E-state index in [9.17, 15) is 9.59 Å². The van der Waals surface area contributed by atoms with Gasteiger partial charge in [0.25, 0.3) is 5.91 Å². The Kier molecular flexibility index (Phi) is 13.5. The summed E-state index contributed by atoms with van der Waals surface area (Å²) in [5.41, 5.74) is 23.2. The molecule has 0 aliphatic heterocycles. The molecule has 0 aliphatic carbocycles. The van der Waals surface area contributed by atoms with Crippen LogP contribution < -0.4 is 22.5 Å². The number of fused-ring (bicyclic) bond motifs is 2. The van der Waals surface area contributed by atoms with Crippen LogP contribution in [0.4, 0.5) is 5.69 Å². The van der Waals surface area contributed by atoms with E-state index in [1.54, 1.807) is 24.4 Å². The summed E-state index contributed by atoms with van der Waals surface area (Å²) in [4.78, 5) is 34.7. The largest absolute Gasteiger partial charge is 0.370 e. The molecule has 0 bridgehead atoms.